The van der Waals surface area contributed by atoms with E-state index < -0.39 is 0 Å². The molecule has 0 unspecified atom stereocenters. The zero-order valence-electron chi connectivity index (χ0n) is 17.1. The largest absolute Gasteiger partial charge is 0.461 e. The molecule has 0 aliphatic carbocycles. The summed E-state index contributed by atoms with van der Waals surface area (Å²) in [6, 6.07) is 3.33. The maximum atomic E-state index is 12.6. The summed E-state index contributed by atoms with van der Waals surface area (Å²) in [4.78, 5) is 43.5. The molecule has 8 nitrogen and oxygen atoms in total. The number of nitrogens with one attached hydrogen (secondary N) is 1. The van der Waals surface area contributed by atoms with Crippen LogP contribution in [0.2, 0.25) is 0 Å². The second-order valence-electron chi connectivity index (χ2n) is 7.10. The van der Waals surface area contributed by atoms with Crippen molar-refractivity contribution in [3.8, 4) is 0 Å². The van der Waals surface area contributed by atoms with Gasteiger partial charge in [0.15, 0.2) is 5.76 Å². The van der Waals surface area contributed by atoms with Gasteiger partial charge in [-0.3, -0.25) is 9.59 Å². The monoisotopic (exact) mass is 401 g/mol. The number of ether oxygens (including phenoxy) is 1. The minimum Gasteiger partial charge on any atom is -0.461 e. The van der Waals surface area contributed by atoms with Crippen molar-refractivity contribution >= 4 is 17.8 Å². The summed E-state index contributed by atoms with van der Waals surface area (Å²) >= 11 is 0. The Morgan fingerprint density at radius 3 is 2.45 bits per heavy atom. The van der Waals surface area contributed by atoms with Crippen LogP contribution in [0.1, 0.15) is 51.2 Å². The third kappa shape index (κ3) is 4.52. The molecule has 3 rings (SSSR count). The Hall–Kier alpha value is -3.03. The highest BCUT2D eigenvalue weighted by Crippen LogP contribution is 2.21. The van der Waals surface area contributed by atoms with Crippen molar-refractivity contribution in [2.24, 2.45) is 0 Å². The summed E-state index contributed by atoms with van der Waals surface area (Å²) < 4.78 is 10.2. The molecular formula is C21H27N3O5. The molecule has 1 N–H and O–H groups in total. The van der Waals surface area contributed by atoms with Gasteiger partial charge < -0.3 is 23.9 Å². The van der Waals surface area contributed by atoms with E-state index in [0.29, 0.717) is 57.1 Å². The molecular weight excluding hydrogens is 374 g/mol. The van der Waals surface area contributed by atoms with Gasteiger partial charge in [-0.25, -0.2) is 4.79 Å². The number of rotatable bonds is 6. The molecule has 1 aliphatic rings. The number of aryl methyl sites for hydroxylation is 1. The van der Waals surface area contributed by atoms with Crippen molar-refractivity contribution in [2.75, 3.05) is 32.8 Å². The summed E-state index contributed by atoms with van der Waals surface area (Å²) in [6.07, 6.45) is 2.39. The number of hydrogen-bond donors (Lipinski definition) is 1. The molecule has 0 spiro atoms. The highest BCUT2D eigenvalue weighted by Gasteiger charge is 2.26. The summed E-state index contributed by atoms with van der Waals surface area (Å²) in [5.41, 5.74) is 3.15. The Kier molecular flexibility index (Phi) is 6.41. The van der Waals surface area contributed by atoms with Gasteiger partial charge in [-0.2, -0.15) is 0 Å². The molecule has 0 aromatic carbocycles. The highest BCUT2D eigenvalue weighted by molar-refractivity contribution is 5.91. The molecule has 29 heavy (non-hydrogen) atoms. The summed E-state index contributed by atoms with van der Waals surface area (Å²) in [7, 11) is 0. The maximum absolute atomic E-state index is 12.6. The predicted octanol–water partition coefficient (Wildman–Crippen LogP) is 2.32. The average molecular weight is 401 g/mol. The lowest BCUT2D eigenvalue weighted by Crippen LogP contribution is -2.50. The Morgan fingerprint density at radius 1 is 1.14 bits per heavy atom. The highest BCUT2D eigenvalue weighted by atomic mass is 16.5. The zero-order chi connectivity index (χ0) is 21.0. The lowest BCUT2D eigenvalue weighted by atomic mass is 10.0. The molecule has 156 valence electrons. The van der Waals surface area contributed by atoms with Crippen LogP contribution in [0.3, 0.4) is 0 Å². The molecule has 3 heterocycles. The van der Waals surface area contributed by atoms with E-state index in [1.165, 1.54) is 6.26 Å². The van der Waals surface area contributed by atoms with E-state index in [9.17, 15) is 14.4 Å². The van der Waals surface area contributed by atoms with Crippen LogP contribution in [0.4, 0.5) is 0 Å². The van der Waals surface area contributed by atoms with Crippen LogP contribution >= 0.6 is 0 Å². The lowest BCUT2D eigenvalue weighted by molar-refractivity contribution is -0.132. The van der Waals surface area contributed by atoms with Crippen LogP contribution in [0.25, 0.3) is 0 Å². The minimum atomic E-state index is -0.372. The number of hydrogen-bond acceptors (Lipinski definition) is 5. The Morgan fingerprint density at radius 2 is 1.83 bits per heavy atom. The molecule has 8 heteroatoms. The second kappa shape index (κ2) is 8.98. The molecule has 1 fully saturated rings. The van der Waals surface area contributed by atoms with Gasteiger partial charge in [-0.05, 0) is 50.5 Å². The minimum absolute atomic E-state index is 0.0489. The zero-order valence-corrected chi connectivity index (χ0v) is 17.1. The van der Waals surface area contributed by atoms with Crippen molar-refractivity contribution in [3.05, 3.63) is 46.7 Å². The van der Waals surface area contributed by atoms with Crippen LogP contribution in [0, 0.1) is 13.8 Å². The maximum Gasteiger partial charge on any atom is 0.355 e. The molecule has 1 aliphatic heterocycles. The third-order valence-corrected chi connectivity index (χ3v) is 5.31. The molecule has 0 radical (unpaired) electrons. The predicted molar refractivity (Wildman–Crippen MR) is 106 cm³/mol. The number of nitrogens with zero attached hydrogens (tertiary/aromatic N) is 2. The average Bonchev–Trinajstić information content (AvgIpc) is 3.35. The van der Waals surface area contributed by atoms with Crippen LogP contribution in [-0.4, -0.2) is 65.4 Å². The molecule has 0 atom stereocenters. The second-order valence-corrected chi connectivity index (χ2v) is 7.10. The number of H-pyrrole nitrogens is 1. The summed E-state index contributed by atoms with van der Waals surface area (Å²) in [6.45, 7) is 7.84. The van der Waals surface area contributed by atoms with E-state index in [4.69, 9.17) is 9.15 Å². The van der Waals surface area contributed by atoms with Crippen LogP contribution < -0.4 is 0 Å². The van der Waals surface area contributed by atoms with Crippen molar-refractivity contribution in [1.29, 1.82) is 0 Å². The first-order valence-corrected chi connectivity index (χ1v) is 9.88. The number of carbonyl (C=O) groups excluding carboxylic acids is 3. The van der Waals surface area contributed by atoms with E-state index in [0.717, 1.165) is 16.8 Å². The summed E-state index contributed by atoms with van der Waals surface area (Å²) in [5, 5.41) is 0. The number of carbonyl (C=O) groups is 3. The quantitative estimate of drug-likeness (QED) is 0.750. The summed E-state index contributed by atoms with van der Waals surface area (Å²) in [5.74, 6) is -0.149. The standard InChI is InChI=1S/C21H27N3O5/c1-4-28-21(27)19-14(2)16(15(3)22-19)7-8-18(25)23-9-11-24(12-10-23)20(26)17-6-5-13-29-17/h5-6,13,22H,4,7-12H2,1-3H3. The number of aromatic amines is 1. The van der Waals surface area contributed by atoms with Crippen LogP contribution in [0.15, 0.2) is 22.8 Å². The Balaban J connectivity index is 1.53. The fraction of sp³-hybridized carbons (Fsp3) is 0.476. The van der Waals surface area contributed by atoms with Gasteiger partial charge in [0.1, 0.15) is 5.69 Å². The third-order valence-electron chi connectivity index (χ3n) is 5.31. The first-order chi connectivity index (χ1) is 13.9. The van der Waals surface area contributed by atoms with E-state index >= 15 is 0 Å². The number of piperazine rings is 1. The van der Waals surface area contributed by atoms with Crippen LogP contribution in [-0.2, 0) is 16.0 Å². The van der Waals surface area contributed by atoms with Gasteiger partial charge in [0.25, 0.3) is 5.91 Å². The van der Waals surface area contributed by atoms with E-state index in [-0.39, 0.29) is 17.8 Å². The smallest absolute Gasteiger partial charge is 0.355 e. The number of furan rings is 1. The Labute approximate surface area is 169 Å². The molecule has 0 saturated carbocycles. The Bertz CT molecular complexity index is 877. The van der Waals surface area contributed by atoms with E-state index in [1.807, 2.05) is 13.8 Å². The molecule has 2 amide bonds. The van der Waals surface area contributed by atoms with Gasteiger partial charge in [0.2, 0.25) is 5.91 Å². The first kappa shape index (κ1) is 20.7. The van der Waals surface area contributed by atoms with Crippen molar-refractivity contribution in [3.63, 3.8) is 0 Å². The van der Waals surface area contributed by atoms with Gasteiger partial charge in [-0.15, -0.1) is 0 Å². The van der Waals surface area contributed by atoms with Crippen LogP contribution in [0.5, 0.6) is 0 Å². The fourth-order valence-electron chi connectivity index (χ4n) is 3.68. The number of aromatic nitrogens is 1. The van der Waals surface area contributed by atoms with Gasteiger partial charge in [0, 0.05) is 38.3 Å². The molecule has 0 bridgehead atoms. The normalized spacial score (nSPS) is 14.2. The van der Waals surface area contributed by atoms with Gasteiger partial charge in [0.05, 0.1) is 12.9 Å². The molecule has 2 aromatic rings. The first-order valence-electron chi connectivity index (χ1n) is 9.88. The van der Waals surface area contributed by atoms with Crippen molar-refractivity contribution < 1.29 is 23.5 Å². The fourth-order valence-corrected chi connectivity index (χ4v) is 3.68. The topological polar surface area (TPSA) is 95.9 Å². The number of esters is 1. The lowest BCUT2D eigenvalue weighted by Gasteiger charge is -2.34. The van der Waals surface area contributed by atoms with E-state index in [2.05, 4.69) is 4.98 Å². The van der Waals surface area contributed by atoms with Gasteiger partial charge in [-0.1, -0.05) is 0 Å². The van der Waals surface area contributed by atoms with E-state index in [1.54, 1.807) is 28.9 Å². The van der Waals surface area contributed by atoms with Gasteiger partial charge >= 0.3 is 5.97 Å². The molecule has 1 saturated heterocycles. The van der Waals surface area contributed by atoms with Crippen molar-refractivity contribution in [2.45, 2.75) is 33.6 Å². The molecule has 2 aromatic heterocycles. The van der Waals surface area contributed by atoms with Crippen molar-refractivity contribution in [1.82, 2.24) is 14.8 Å². The number of amides is 2. The SMILES string of the molecule is CCOC(=O)c1[nH]c(C)c(CCC(=O)N2CCN(C(=O)c3ccco3)CC2)c1C.